The SMILES string of the molecule is COc1ccc(CCn2c(C)cc(C(=O)COC(=O)Cn3cnnn3)c2C)cc1. The van der Waals surface area contributed by atoms with E-state index in [0.29, 0.717) is 5.56 Å². The van der Waals surface area contributed by atoms with Gasteiger partial charge in [-0.25, -0.2) is 4.68 Å². The summed E-state index contributed by atoms with van der Waals surface area (Å²) in [5.41, 5.74) is 3.59. The third kappa shape index (κ3) is 5.07. The molecule has 3 rings (SSSR count). The van der Waals surface area contributed by atoms with E-state index >= 15 is 0 Å². The highest BCUT2D eigenvalue weighted by Gasteiger charge is 2.17. The van der Waals surface area contributed by atoms with Gasteiger partial charge in [-0.1, -0.05) is 12.1 Å². The minimum atomic E-state index is -0.570. The predicted octanol–water partition coefficient (Wildman–Crippen LogP) is 1.77. The Bertz CT molecular complexity index is 977. The van der Waals surface area contributed by atoms with E-state index in [0.717, 1.165) is 30.1 Å². The van der Waals surface area contributed by atoms with Crippen molar-refractivity contribution in [3.05, 3.63) is 59.2 Å². The minimum absolute atomic E-state index is 0.138. The van der Waals surface area contributed by atoms with Crippen molar-refractivity contribution in [2.24, 2.45) is 0 Å². The maximum atomic E-state index is 12.5. The molecule has 0 fully saturated rings. The van der Waals surface area contributed by atoms with E-state index in [1.165, 1.54) is 16.6 Å². The largest absolute Gasteiger partial charge is 0.497 e. The molecular weight excluding hydrogens is 374 g/mol. The van der Waals surface area contributed by atoms with E-state index < -0.39 is 5.97 Å². The Morgan fingerprint density at radius 1 is 1.14 bits per heavy atom. The van der Waals surface area contributed by atoms with Crippen LogP contribution < -0.4 is 4.74 Å². The van der Waals surface area contributed by atoms with Crippen molar-refractivity contribution in [1.29, 1.82) is 0 Å². The number of rotatable bonds is 9. The van der Waals surface area contributed by atoms with Gasteiger partial charge in [0.2, 0.25) is 5.78 Å². The molecule has 0 atom stereocenters. The van der Waals surface area contributed by atoms with Crippen molar-refractivity contribution in [2.45, 2.75) is 33.4 Å². The fourth-order valence-electron chi connectivity index (χ4n) is 3.12. The fourth-order valence-corrected chi connectivity index (χ4v) is 3.12. The molecular formula is C20H23N5O4. The molecule has 0 N–H and O–H groups in total. The first kappa shape index (κ1) is 20.2. The number of aromatic nitrogens is 5. The molecule has 3 aromatic rings. The molecule has 9 nitrogen and oxygen atoms in total. The van der Waals surface area contributed by atoms with Crippen LogP contribution in [-0.2, 0) is 29.0 Å². The predicted molar refractivity (Wildman–Crippen MR) is 104 cm³/mol. The highest BCUT2D eigenvalue weighted by Crippen LogP contribution is 2.18. The standard InChI is InChI=1S/C20H23N5O4/c1-14-10-18(19(26)12-29-20(27)11-24-13-21-22-23-24)15(2)25(14)9-8-16-4-6-17(28-3)7-5-16/h4-7,10,13H,8-9,11-12H2,1-3H3. The topological polar surface area (TPSA) is 101 Å². The summed E-state index contributed by atoms with van der Waals surface area (Å²) in [5.74, 6) is 0.0161. The van der Waals surface area contributed by atoms with Gasteiger partial charge in [-0.15, -0.1) is 5.10 Å². The lowest BCUT2D eigenvalue weighted by molar-refractivity contribution is -0.143. The average molecular weight is 397 g/mol. The minimum Gasteiger partial charge on any atom is -0.497 e. The highest BCUT2D eigenvalue weighted by molar-refractivity contribution is 5.99. The van der Waals surface area contributed by atoms with Crippen molar-refractivity contribution in [3.63, 3.8) is 0 Å². The number of methoxy groups -OCH3 is 1. The molecule has 0 spiro atoms. The Morgan fingerprint density at radius 2 is 1.90 bits per heavy atom. The lowest BCUT2D eigenvalue weighted by Crippen LogP contribution is -2.19. The molecule has 0 bridgehead atoms. The monoisotopic (exact) mass is 397 g/mol. The van der Waals surface area contributed by atoms with Gasteiger partial charge in [0, 0.05) is 23.5 Å². The van der Waals surface area contributed by atoms with E-state index in [9.17, 15) is 9.59 Å². The molecule has 2 aromatic heterocycles. The summed E-state index contributed by atoms with van der Waals surface area (Å²) in [7, 11) is 1.64. The number of carbonyl (C=O) groups excluding carboxylic acids is 2. The average Bonchev–Trinajstić information content (AvgIpc) is 3.33. The molecule has 0 aliphatic carbocycles. The van der Waals surface area contributed by atoms with E-state index in [4.69, 9.17) is 9.47 Å². The smallest absolute Gasteiger partial charge is 0.328 e. The Balaban J connectivity index is 1.58. The van der Waals surface area contributed by atoms with Gasteiger partial charge in [0.15, 0.2) is 6.61 Å². The molecule has 0 aliphatic rings. The first-order chi connectivity index (χ1) is 14.0. The molecule has 9 heteroatoms. The van der Waals surface area contributed by atoms with Crippen molar-refractivity contribution in [1.82, 2.24) is 24.8 Å². The first-order valence-electron chi connectivity index (χ1n) is 9.17. The molecule has 0 radical (unpaired) electrons. The number of hydrogen-bond acceptors (Lipinski definition) is 7. The summed E-state index contributed by atoms with van der Waals surface area (Å²) in [6.45, 7) is 4.15. The summed E-state index contributed by atoms with van der Waals surface area (Å²) >= 11 is 0. The number of Topliss-reactive ketones (excluding diaryl/α,β-unsaturated/α-hetero) is 1. The van der Waals surface area contributed by atoms with Gasteiger partial charge < -0.3 is 14.0 Å². The Morgan fingerprint density at radius 3 is 2.55 bits per heavy atom. The van der Waals surface area contributed by atoms with Crippen LogP contribution in [0.15, 0.2) is 36.7 Å². The van der Waals surface area contributed by atoms with Crippen LogP contribution in [0, 0.1) is 13.8 Å². The van der Waals surface area contributed by atoms with E-state index in [-0.39, 0.29) is 18.9 Å². The number of esters is 1. The first-order valence-corrected chi connectivity index (χ1v) is 9.17. The second kappa shape index (κ2) is 9.13. The molecule has 1 aromatic carbocycles. The molecule has 29 heavy (non-hydrogen) atoms. The highest BCUT2D eigenvalue weighted by atomic mass is 16.5. The van der Waals surface area contributed by atoms with E-state index in [2.05, 4.69) is 20.1 Å². The number of benzene rings is 1. The number of aryl methyl sites for hydroxylation is 2. The molecule has 0 aliphatic heterocycles. The quantitative estimate of drug-likeness (QED) is 0.401. The Kier molecular flexibility index (Phi) is 6.38. The van der Waals surface area contributed by atoms with Crippen LogP contribution >= 0.6 is 0 Å². The van der Waals surface area contributed by atoms with Crippen molar-refractivity contribution in [2.75, 3.05) is 13.7 Å². The van der Waals surface area contributed by atoms with Crippen LogP contribution in [0.5, 0.6) is 5.75 Å². The fraction of sp³-hybridized carbons (Fsp3) is 0.350. The zero-order chi connectivity index (χ0) is 20.8. The van der Waals surface area contributed by atoms with Gasteiger partial charge in [-0.3, -0.25) is 9.59 Å². The summed E-state index contributed by atoms with van der Waals surface area (Å²) in [5, 5.41) is 10.5. The molecule has 0 saturated carbocycles. The van der Waals surface area contributed by atoms with E-state index in [1.54, 1.807) is 7.11 Å². The zero-order valence-electron chi connectivity index (χ0n) is 16.7. The van der Waals surface area contributed by atoms with Gasteiger partial charge >= 0.3 is 5.97 Å². The van der Waals surface area contributed by atoms with Crippen molar-refractivity contribution < 1.29 is 19.1 Å². The van der Waals surface area contributed by atoms with Gasteiger partial charge in [0.05, 0.1) is 7.11 Å². The van der Waals surface area contributed by atoms with Crippen LogP contribution in [0.1, 0.15) is 27.3 Å². The Labute approximate surface area is 168 Å². The second-order valence-electron chi connectivity index (χ2n) is 6.63. The van der Waals surface area contributed by atoms with E-state index in [1.807, 2.05) is 44.2 Å². The van der Waals surface area contributed by atoms with Crippen LogP contribution in [-0.4, -0.2) is 50.2 Å². The lowest BCUT2D eigenvalue weighted by atomic mass is 10.1. The lowest BCUT2D eigenvalue weighted by Gasteiger charge is -2.10. The zero-order valence-corrected chi connectivity index (χ0v) is 16.7. The molecule has 0 amide bonds. The number of carbonyl (C=O) groups is 2. The second-order valence-corrected chi connectivity index (χ2v) is 6.63. The molecule has 0 unspecified atom stereocenters. The molecule has 0 saturated heterocycles. The van der Waals surface area contributed by atoms with Crippen LogP contribution in [0.25, 0.3) is 0 Å². The number of ether oxygens (including phenoxy) is 2. The van der Waals surface area contributed by atoms with Crippen LogP contribution in [0.4, 0.5) is 0 Å². The Hall–Kier alpha value is -3.49. The third-order valence-electron chi connectivity index (χ3n) is 4.70. The maximum Gasteiger partial charge on any atom is 0.328 e. The van der Waals surface area contributed by atoms with Gasteiger partial charge in [-0.2, -0.15) is 0 Å². The summed E-state index contributed by atoms with van der Waals surface area (Å²) in [6, 6.07) is 9.76. The summed E-state index contributed by atoms with van der Waals surface area (Å²) in [6.07, 6.45) is 2.13. The molecule has 2 heterocycles. The van der Waals surface area contributed by atoms with Crippen molar-refractivity contribution in [3.8, 4) is 5.75 Å². The van der Waals surface area contributed by atoms with Crippen molar-refractivity contribution >= 4 is 11.8 Å². The summed E-state index contributed by atoms with van der Waals surface area (Å²) < 4.78 is 13.6. The maximum absolute atomic E-state index is 12.5. The number of hydrogen-bond donors (Lipinski definition) is 0. The number of nitrogens with zero attached hydrogens (tertiary/aromatic N) is 5. The van der Waals surface area contributed by atoms with Gasteiger partial charge in [0.25, 0.3) is 0 Å². The normalized spacial score (nSPS) is 10.7. The van der Waals surface area contributed by atoms with Crippen LogP contribution in [0.3, 0.4) is 0 Å². The van der Waals surface area contributed by atoms with Gasteiger partial charge in [0.1, 0.15) is 18.6 Å². The number of ketones is 1. The van der Waals surface area contributed by atoms with Crippen LogP contribution in [0.2, 0.25) is 0 Å². The summed E-state index contributed by atoms with van der Waals surface area (Å²) in [4.78, 5) is 24.3. The molecule has 152 valence electrons. The number of tetrazole rings is 1. The van der Waals surface area contributed by atoms with Gasteiger partial charge in [-0.05, 0) is 54.5 Å². The third-order valence-corrected chi connectivity index (χ3v) is 4.70.